The second-order valence-corrected chi connectivity index (χ2v) is 5.36. The second-order valence-electron chi connectivity index (χ2n) is 5.36. The minimum absolute atomic E-state index is 0.0843. The van der Waals surface area contributed by atoms with Crippen molar-refractivity contribution < 1.29 is 32.2 Å². The maximum atomic E-state index is 13.5. The molecule has 2 aromatic rings. The lowest BCUT2D eigenvalue weighted by Gasteiger charge is -2.14. The van der Waals surface area contributed by atoms with Gasteiger partial charge in [-0.3, -0.25) is 4.79 Å². The summed E-state index contributed by atoms with van der Waals surface area (Å²) in [7, 11) is 0. The first kappa shape index (κ1) is 19.9. The van der Waals surface area contributed by atoms with Gasteiger partial charge in [0.25, 0.3) is 5.91 Å². The number of hydrogen-bond acceptors (Lipinski definition) is 3. The zero-order valence-corrected chi connectivity index (χ0v) is 13.6. The van der Waals surface area contributed by atoms with Gasteiger partial charge in [0.15, 0.2) is 0 Å². The summed E-state index contributed by atoms with van der Waals surface area (Å²) in [5, 5.41) is 11.1. The van der Waals surface area contributed by atoms with Crippen molar-refractivity contribution >= 4 is 5.91 Å². The van der Waals surface area contributed by atoms with Gasteiger partial charge in [-0.1, -0.05) is 12.1 Å². The summed E-state index contributed by atoms with van der Waals surface area (Å²) in [5.41, 5.74) is -1.09. The number of nitrogens with one attached hydrogen (secondary N) is 1. The summed E-state index contributed by atoms with van der Waals surface area (Å²) < 4.78 is 57.9. The van der Waals surface area contributed by atoms with E-state index in [1.54, 1.807) is 0 Å². The molecule has 0 atom stereocenters. The fraction of sp³-hybridized carbons (Fsp3) is 0.278. The molecule has 0 aliphatic carbocycles. The third-order valence-electron chi connectivity index (χ3n) is 3.49. The standard InChI is InChI=1S/C18H17F4NO3/c19-14-4-5-16(18(20,21)22)15(11-14)12-2-1-3-13(10-12)17(25)23-6-8-26-9-7-24/h1-5,10-11,24H,6-9H2,(H,23,25). The van der Waals surface area contributed by atoms with Crippen molar-refractivity contribution in [3.05, 3.63) is 59.4 Å². The van der Waals surface area contributed by atoms with E-state index in [0.717, 1.165) is 12.1 Å². The molecule has 26 heavy (non-hydrogen) atoms. The SMILES string of the molecule is O=C(NCCOCCO)c1cccc(-c2cc(F)ccc2C(F)(F)F)c1. The second kappa shape index (κ2) is 8.77. The molecule has 2 N–H and O–H groups in total. The van der Waals surface area contributed by atoms with E-state index < -0.39 is 23.5 Å². The number of carbonyl (C=O) groups excluding carboxylic acids is 1. The van der Waals surface area contributed by atoms with Crippen LogP contribution in [0.3, 0.4) is 0 Å². The van der Waals surface area contributed by atoms with E-state index in [2.05, 4.69) is 5.32 Å². The Morgan fingerprint density at radius 2 is 1.88 bits per heavy atom. The molecule has 0 heterocycles. The summed E-state index contributed by atoms with van der Waals surface area (Å²) >= 11 is 0. The van der Waals surface area contributed by atoms with E-state index in [-0.39, 0.29) is 43.1 Å². The molecule has 0 spiro atoms. The Bertz CT molecular complexity index is 762. The number of alkyl halides is 3. The Morgan fingerprint density at radius 1 is 1.12 bits per heavy atom. The quantitative estimate of drug-likeness (QED) is 0.580. The molecule has 0 fully saturated rings. The maximum Gasteiger partial charge on any atom is 0.417 e. The molecule has 4 nitrogen and oxygen atoms in total. The van der Waals surface area contributed by atoms with Gasteiger partial charge in [-0.15, -0.1) is 0 Å². The minimum Gasteiger partial charge on any atom is -0.394 e. The van der Waals surface area contributed by atoms with Gasteiger partial charge in [0, 0.05) is 12.1 Å². The van der Waals surface area contributed by atoms with Crippen molar-refractivity contribution in [1.82, 2.24) is 5.32 Å². The van der Waals surface area contributed by atoms with Crippen LogP contribution in [0.15, 0.2) is 42.5 Å². The van der Waals surface area contributed by atoms with Crippen molar-refractivity contribution in [3.63, 3.8) is 0 Å². The topological polar surface area (TPSA) is 58.6 Å². The van der Waals surface area contributed by atoms with E-state index in [4.69, 9.17) is 9.84 Å². The summed E-state index contributed by atoms with van der Waals surface area (Å²) in [6.07, 6.45) is -4.65. The van der Waals surface area contributed by atoms with Crippen molar-refractivity contribution in [2.24, 2.45) is 0 Å². The van der Waals surface area contributed by atoms with Crippen LogP contribution in [0.5, 0.6) is 0 Å². The molecule has 1 amide bonds. The first-order chi connectivity index (χ1) is 12.3. The number of benzene rings is 2. The predicted molar refractivity (Wildman–Crippen MR) is 87.1 cm³/mol. The van der Waals surface area contributed by atoms with Crippen LogP contribution in [0.2, 0.25) is 0 Å². The van der Waals surface area contributed by atoms with E-state index in [0.29, 0.717) is 6.07 Å². The van der Waals surface area contributed by atoms with E-state index in [1.165, 1.54) is 24.3 Å². The summed E-state index contributed by atoms with van der Waals surface area (Å²) in [6.45, 7) is 0.376. The zero-order valence-electron chi connectivity index (χ0n) is 13.6. The number of rotatable bonds is 7. The van der Waals surface area contributed by atoms with Crippen LogP contribution in [-0.4, -0.2) is 37.4 Å². The number of hydrogen-bond donors (Lipinski definition) is 2. The normalized spacial score (nSPS) is 11.4. The summed E-state index contributed by atoms with van der Waals surface area (Å²) in [5.74, 6) is -1.30. The number of carbonyl (C=O) groups is 1. The largest absolute Gasteiger partial charge is 0.417 e. The number of amides is 1. The van der Waals surface area contributed by atoms with Crippen LogP contribution < -0.4 is 5.32 Å². The molecular weight excluding hydrogens is 354 g/mol. The van der Waals surface area contributed by atoms with Gasteiger partial charge in [-0.2, -0.15) is 13.2 Å². The first-order valence-corrected chi connectivity index (χ1v) is 7.77. The van der Waals surface area contributed by atoms with Crippen molar-refractivity contribution in [3.8, 4) is 11.1 Å². The van der Waals surface area contributed by atoms with Crippen LogP contribution in [0, 0.1) is 5.82 Å². The third-order valence-corrected chi connectivity index (χ3v) is 3.49. The van der Waals surface area contributed by atoms with Crippen LogP contribution in [0.25, 0.3) is 11.1 Å². The van der Waals surface area contributed by atoms with E-state index >= 15 is 0 Å². The fourth-order valence-electron chi connectivity index (χ4n) is 2.34. The van der Waals surface area contributed by atoms with Gasteiger partial charge < -0.3 is 15.2 Å². The molecule has 0 aliphatic heterocycles. The smallest absolute Gasteiger partial charge is 0.394 e. The highest BCUT2D eigenvalue weighted by Gasteiger charge is 2.33. The highest BCUT2D eigenvalue weighted by atomic mass is 19.4. The molecule has 140 valence electrons. The Morgan fingerprint density at radius 3 is 2.58 bits per heavy atom. The fourth-order valence-corrected chi connectivity index (χ4v) is 2.34. The molecule has 8 heteroatoms. The van der Waals surface area contributed by atoms with Gasteiger partial charge in [-0.25, -0.2) is 4.39 Å². The van der Waals surface area contributed by atoms with Gasteiger partial charge in [0.05, 0.1) is 25.4 Å². The molecule has 0 bridgehead atoms. The Balaban J connectivity index is 2.22. The lowest BCUT2D eigenvalue weighted by Crippen LogP contribution is -2.27. The Kier molecular flexibility index (Phi) is 6.70. The Labute approximate surface area is 147 Å². The lowest BCUT2D eigenvalue weighted by atomic mass is 9.97. The zero-order chi connectivity index (χ0) is 19.2. The summed E-state index contributed by atoms with van der Waals surface area (Å²) in [6, 6.07) is 7.74. The van der Waals surface area contributed by atoms with Crippen LogP contribution >= 0.6 is 0 Å². The molecule has 2 rings (SSSR count). The van der Waals surface area contributed by atoms with Crippen molar-refractivity contribution in [2.75, 3.05) is 26.4 Å². The third kappa shape index (κ3) is 5.27. The van der Waals surface area contributed by atoms with Crippen LogP contribution in [-0.2, 0) is 10.9 Å². The van der Waals surface area contributed by atoms with Gasteiger partial charge in [0.1, 0.15) is 5.82 Å². The highest BCUT2D eigenvalue weighted by Crippen LogP contribution is 2.37. The molecular formula is C18H17F4NO3. The van der Waals surface area contributed by atoms with Crippen LogP contribution in [0.4, 0.5) is 17.6 Å². The number of halogens is 4. The predicted octanol–water partition coefficient (Wildman–Crippen LogP) is 3.25. The van der Waals surface area contributed by atoms with Crippen molar-refractivity contribution in [2.45, 2.75) is 6.18 Å². The monoisotopic (exact) mass is 371 g/mol. The average molecular weight is 371 g/mol. The number of aliphatic hydroxyl groups excluding tert-OH is 1. The van der Waals surface area contributed by atoms with E-state index in [1.807, 2.05) is 0 Å². The lowest BCUT2D eigenvalue weighted by molar-refractivity contribution is -0.137. The molecule has 2 aromatic carbocycles. The van der Waals surface area contributed by atoms with Gasteiger partial charge >= 0.3 is 6.18 Å². The molecule has 0 aromatic heterocycles. The Hall–Kier alpha value is -2.45. The minimum atomic E-state index is -4.65. The molecule has 0 unspecified atom stereocenters. The van der Waals surface area contributed by atoms with Gasteiger partial charge in [-0.05, 0) is 41.5 Å². The molecule has 0 radical (unpaired) electrons. The van der Waals surface area contributed by atoms with Gasteiger partial charge in [0.2, 0.25) is 0 Å². The molecule has 0 saturated carbocycles. The van der Waals surface area contributed by atoms with E-state index in [9.17, 15) is 22.4 Å². The molecule has 0 aliphatic rings. The first-order valence-electron chi connectivity index (χ1n) is 7.77. The molecule has 0 saturated heterocycles. The summed E-state index contributed by atoms with van der Waals surface area (Å²) in [4.78, 5) is 12.1. The van der Waals surface area contributed by atoms with Crippen molar-refractivity contribution in [1.29, 1.82) is 0 Å². The van der Waals surface area contributed by atoms with Crippen LogP contribution in [0.1, 0.15) is 15.9 Å². The number of ether oxygens (including phenoxy) is 1. The highest BCUT2D eigenvalue weighted by molar-refractivity contribution is 5.95. The number of aliphatic hydroxyl groups is 1. The maximum absolute atomic E-state index is 13.5. The average Bonchev–Trinajstić information content (AvgIpc) is 2.60.